The normalized spacial score (nSPS) is 23.3. The standard InChI is InChI=1S/C19H20N2O/c1-13(2)19-21-17(15-10-6-7-11-18(15)22-19)12-16(20-21)14-8-4-3-5-9-14/h3-13,17,19-20H,1-2H3. The summed E-state index contributed by atoms with van der Waals surface area (Å²) in [5.74, 6) is 1.39. The first-order valence-corrected chi connectivity index (χ1v) is 7.82. The van der Waals surface area contributed by atoms with Crippen LogP contribution in [-0.4, -0.2) is 11.2 Å². The fraction of sp³-hybridized carbons (Fsp3) is 0.263. The quantitative estimate of drug-likeness (QED) is 0.906. The molecule has 3 nitrogen and oxygen atoms in total. The van der Waals surface area contributed by atoms with E-state index in [0.29, 0.717) is 5.92 Å². The van der Waals surface area contributed by atoms with E-state index in [1.807, 2.05) is 12.1 Å². The van der Waals surface area contributed by atoms with Crippen molar-refractivity contribution in [1.82, 2.24) is 10.4 Å². The third-order valence-corrected chi connectivity index (χ3v) is 4.29. The fourth-order valence-electron chi connectivity index (χ4n) is 3.20. The Morgan fingerprint density at radius 1 is 1.00 bits per heavy atom. The molecule has 2 aliphatic rings. The van der Waals surface area contributed by atoms with E-state index in [1.54, 1.807) is 0 Å². The van der Waals surface area contributed by atoms with Gasteiger partial charge in [-0.2, -0.15) is 5.01 Å². The number of hydrogen-bond donors (Lipinski definition) is 1. The van der Waals surface area contributed by atoms with E-state index in [4.69, 9.17) is 4.74 Å². The maximum absolute atomic E-state index is 6.22. The molecule has 2 unspecified atom stereocenters. The summed E-state index contributed by atoms with van der Waals surface area (Å²) in [4.78, 5) is 0. The second kappa shape index (κ2) is 5.18. The van der Waals surface area contributed by atoms with Crippen LogP contribution in [0.25, 0.3) is 5.70 Å². The minimum Gasteiger partial charge on any atom is -0.473 e. The van der Waals surface area contributed by atoms with Crippen LogP contribution in [0, 0.1) is 5.92 Å². The molecule has 2 aromatic carbocycles. The van der Waals surface area contributed by atoms with Crippen molar-refractivity contribution in [3.05, 3.63) is 71.8 Å². The molecule has 0 saturated carbocycles. The molecule has 112 valence electrons. The van der Waals surface area contributed by atoms with E-state index in [-0.39, 0.29) is 12.3 Å². The highest BCUT2D eigenvalue weighted by Gasteiger charge is 2.40. The van der Waals surface area contributed by atoms with Crippen molar-refractivity contribution < 1.29 is 4.74 Å². The molecular weight excluding hydrogens is 272 g/mol. The van der Waals surface area contributed by atoms with Crippen LogP contribution in [-0.2, 0) is 0 Å². The van der Waals surface area contributed by atoms with Crippen molar-refractivity contribution in [2.24, 2.45) is 5.92 Å². The molecule has 2 aromatic rings. The molecule has 2 heterocycles. The molecule has 0 aromatic heterocycles. The van der Waals surface area contributed by atoms with Crippen LogP contribution in [0.3, 0.4) is 0 Å². The Kier molecular flexibility index (Phi) is 3.16. The molecule has 1 N–H and O–H groups in total. The molecule has 3 heteroatoms. The number of para-hydroxylation sites is 1. The second-order valence-electron chi connectivity index (χ2n) is 6.20. The summed E-state index contributed by atoms with van der Waals surface area (Å²) in [5, 5.41) is 2.23. The van der Waals surface area contributed by atoms with Gasteiger partial charge < -0.3 is 10.2 Å². The molecule has 4 rings (SSSR count). The topological polar surface area (TPSA) is 24.5 Å². The number of rotatable bonds is 2. The summed E-state index contributed by atoms with van der Waals surface area (Å²) in [6, 6.07) is 19.0. The zero-order valence-electron chi connectivity index (χ0n) is 12.9. The fourth-order valence-corrected chi connectivity index (χ4v) is 3.20. The van der Waals surface area contributed by atoms with Crippen LogP contribution < -0.4 is 10.2 Å². The molecule has 0 fully saturated rings. The number of hydrogen-bond acceptors (Lipinski definition) is 3. The minimum atomic E-state index is 0.0253. The maximum Gasteiger partial charge on any atom is 0.172 e. The monoisotopic (exact) mass is 292 g/mol. The van der Waals surface area contributed by atoms with E-state index in [0.717, 1.165) is 11.4 Å². The van der Waals surface area contributed by atoms with Gasteiger partial charge >= 0.3 is 0 Å². The maximum atomic E-state index is 6.22. The van der Waals surface area contributed by atoms with Gasteiger partial charge in [0.1, 0.15) is 5.75 Å². The Morgan fingerprint density at radius 2 is 1.73 bits per heavy atom. The zero-order chi connectivity index (χ0) is 15.1. The van der Waals surface area contributed by atoms with Crippen molar-refractivity contribution in [3.8, 4) is 5.75 Å². The number of nitrogens with one attached hydrogen (secondary N) is 1. The average Bonchev–Trinajstić information content (AvgIpc) is 3.00. The lowest BCUT2D eigenvalue weighted by atomic mass is 10.0. The number of fused-ring (bicyclic) bond motifs is 3. The smallest absolute Gasteiger partial charge is 0.172 e. The van der Waals surface area contributed by atoms with Crippen molar-refractivity contribution in [1.29, 1.82) is 0 Å². The zero-order valence-corrected chi connectivity index (χ0v) is 12.9. The predicted molar refractivity (Wildman–Crippen MR) is 87.8 cm³/mol. The van der Waals surface area contributed by atoms with Crippen LogP contribution in [0.5, 0.6) is 5.75 Å². The largest absolute Gasteiger partial charge is 0.473 e. The second-order valence-corrected chi connectivity index (χ2v) is 6.20. The van der Waals surface area contributed by atoms with Gasteiger partial charge in [0.15, 0.2) is 6.23 Å². The Labute approximate surface area is 131 Å². The van der Waals surface area contributed by atoms with Crippen molar-refractivity contribution >= 4 is 5.70 Å². The Balaban J connectivity index is 1.77. The first-order valence-electron chi connectivity index (χ1n) is 7.82. The van der Waals surface area contributed by atoms with Gasteiger partial charge in [-0.15, -0.1) is 0 Å². The van der Waals surface area contributed by atoms with Crippen LogP contribution in [0.15, 0.2) is 60.7 Å². The van der Waals surface area contributed by atoms with Gasteiger partial charge in [-0.25, -0.2) is 0 Å². The van der Waals surface area contributed by atoms with E-state index in [9.17, 15) is 0 Å². The molecule has 0 spiro atoms. The SMILES string of the molecule is CC(C)C1Oc2ccccc2C2C=C(c3ccccc3)NN21. The summed E-state index contributed by atoms with van der Waals surface area (Å²) in [5.41, 5.74) is 7.13. The van der Waals surface area contributed by atoms with E-state index in [1.165, 1.54) is 11.1 Å². The average molecular weight is 292 g/mol. The molecule has 0 bridgehead atoms. The number of benzene rings is 2. The van der Waals surface area contributed by atoms with Crippen LogP contribution in [0.1, 0.15) is 31.0 Å². The Morgan fingerprint density at radius 3 is 2.50 bits per heavy atom. The highest BCUT2D eigenvalue weighted by molar-refractivity contribution is 5.67. The van der Waals surface area contributed by atoms with Crippen molar-refractivity contribution in [2.75, 3.05) is 0 Å². The number of ether oxygens (including phenoxy) is 1. The summed E-state index contributed by atoms with van der Waals surface area (Å²) in [6.45, 7) is 4.38. The van der Waals surface area contributed by atoms with Gasteiger partial charge in [-0.1, -0.05) is 62.4 Å². The Hall–Kier alpha value is -2.26. The number of nitrogens with zero attached hydrogens (tertiary/aromatic N) is 1. The van der Waals surface area contributed by atoms with Crippen molar-refractivity contribution in [3.63, 3.8) is 0 Å². The van der Waals surface area contributed by atoms with Crippen LogP contribution >= 0.6 is 0 Å². The third kappa shape index (κ3) is 2.09. The van der Waals surface area contributed by atoms with Gasteiger partial charge in [-0.05, 0) is 17.7 Å². The molecule has 0 saturated heterocycles. The lowest BCUT2D eigenvalue weighted by Gasteiger charge is -2.40. The van der Waals surface area contributed by atoms with Crippen LogP contribution in [0.2, 0.25) is 0 Å². The van der Waals surface area contributed by atoms with Gasteiger partial charge in [0, 0.05) is 11.5 Å². The molecule has 0 aliphatic carbocycles. The van der Waals surface area contributed by atoms with Gasteiger partial charge in [0.2, 0.25) is 0 Å². The van der Waals surface area contributed by atoms with Gasteiger partial charge in [-0.3, -0.25) is 0 Å². The van der Waals surface area contributed by atoms with Gasteiger partial charge in [0.25, 0.3) is 0 Å². The molecule has 2 aliphatic heterocycles. The lowest BCUT2D eigenvalue weighted by molar-refractivity contribution is -0.0583. The summed E-state index contributed by atoms with van der Waals surface area (Å²) in [6.07, 6.45) is 2.32. The molecular formula is C19H20N2O. The van der Waals surface area contributed by atoms with Crippen LogP contribution in [0.4, 0.5) is 0 Å². The van der Waals surface area contributed by atoms with Crippen molar-refractivity contribution in [2.45, 2.75) is 26.1 Å². The number of hydrazine groups is 1. The highest BCUT2D eigenvalue weighted by Crippen LogP contribution is 2.42. The van der Waals surface area contributed by atoms with E-state index in [2.05, 4.69) is 72.8 Å². The minimum absolute atomic E-state index is 0.0253. The highest BCUT2D eigenvalue weighted by atomic mass is 16.5. The molecule has 22 heavy (non-hydrogen) atoms. The Bertz CT molecular complexity index is 708. The first-order chi connectivity index (χ1) is 10.7. The van der Waals surface area contributed by atoms with Gasteiger partial charge in [0.05, 0.1) is 11.7 Å². The molecule has 0 radical (unpaired) electrons. The molecule has 0 amide bonds. The predicted octanol–water partition coefficient (Wildman–Crippen LogP) is 3.96. The first kappa shape index (κ1) is 13.4. The third-order valence-electron chi connectivity index (χ3n) is 4.29. The summed E-state index contributed by atoms with van der Waals surface area (Å²) in [7, 11) is 0. The summed E-state index contributed by atoms with van der Waals surface area (Å²) >= 11 is 0. The van der Waals surface area contributed by atoms with E-state index < -0.39 is 0 Å². The lowest BCUT2D eigenvalue weighted by Crippen LogP contribution is -2.51. The molecule has 2 atom stereocenters. The summed E-state index contributed by atoms with van der Waals surface area (Å²) < 4.78 is 6.22. The van der Waals surface area contributed by atoms with E-state index >= 15 is 0 Å².